The summed E-state index contributed by atoms with van der Waals surface area (Å²) >= 11 is 5.94. The highest BCUT2D eigenvalue weighted by molar-refractivity contribution is 6.33. The van der Waals surface area contributed by atoms with Crippen LogP contribution in [0.3, 0.4) is 0 Å². The van der Waals surface area contributed by atoms with Gasteiger partial charge in [0.05, 0.1) is 16.8 Å². The molecule has 0 radical (unpaired) electrons. The molecule has 3 amide bonds. The predicted octanol–water partition coefficient (Wildman–Crippen LogP) is 2.06. The third kappa shape index (κ3) is 4.95. The minimum atomic E-state index is -0.419. The van der Waals surface area contributed by atoms with Gasteiger partial charge >= 0.3 is 6.03 Å². The molecule has 9 heteroatoms. The number of amides is 3. The van der Waals surface area contributed by atoms with Crippen LogP contribution in [0.1, 0.15) is 30.2 Å². The monoisotopic (exact) mass is 350 g/mol. The van der Waals surface area contributed by atoms with E-state index >= 15 is 0 Å². The van der Waals surface area contributed by atoms with Gasteiger partial charge in [0.2, 0.25) is 0 Å². The summed E-state index contributed by atoms with van der Waals surface area (Å²) in [6.45, 7) is 4.46. The SMILES string of the molecule is CC(C)n1cc(NC(=O)NCCNC(=O)c2ccccc2Cl)nn1. The van der Waals surface area contributed by atoms with Crippen molar-refractivity contribution in [3.05, 3.63) is 41.0 Å². The summed E-state index contributed by atoms with van der Waals surface area (Å²) in [6, 6.07) is 6.51. The Bertz CT molecular complexity index is 715. The lowest BCUT2D eigenvalue weighted by Crippen LogP contribution is -2.36. The Balaban J connectivity index is 1.71. The van der Waals surface area contributed by atoms with Gasteiger partial charge in [-0.15, -0.1) is 5.10 Å². The molecule has 0 aliphatic heterocycles. The maximum Gasteiger partial charge on any atom is 0.320 e. The largest absolute Gasteiger partial charge is 0.350 e. The molecule has 128 valence electrons. The van der Waals surface area contributed by atoms with Crippen LogP contribution in [-0.2, 0) is 0 Å². The van der Waals surface area contributed by atoms with E-state index in [2.05, 4.69) is 26.3 Å². The Hall–Kier alpha value is -2.61. The van der Waals surface area contributed by atoms with E-state index in [1.165, 1.54) is 0 Å². The lowest BCUT2D eigenvalue weighted by Gasteiger charge is -2.08. The third-order valence-electron chi connectivity index (χ3n) is 3.10. The fourth-order valence-corrected chi connectivity index (χ4v) is 2.06. The van der Waals surface area contributed by atoms with Crippen LogP contribution < -0.4 is 16.0 Å². The van der Waals surface area contributed by atoms with Gasteiger partial charge in [0, 0.05) is 19.1 Å². The summed E-state index contributed by atoms with van der Waals surface area (Å²) < 4.78 is 1.64. The molecule has 3 N–H and O–H groups in total. The van der Waals surface area contributed by atoms with Gasteiger partial charge in [-0.05, 0) is 26.0 Å². The molecule has 0 saturated heterocycles. The van der Waals surface area contributed by atoms with Crippen LogP contribution in [0.2, 0.25) is 5.02 Å². The maximum absolute atomic E-state index is 11.9. The first-order valence-corrected chi connectivity index (χ1v) is 7.84. The quantitative estimate of drug-likeness (QED) is 0.694. The van der Waals surface area contributed by atoms with Crippen LogP contribution in [-0.4, -0.2) is 40.0 Å². The molecular weight excluding hydrogens is 332 g/mol. The number of aromatic nitrogens is 3. The Morgan fingerprint density at radius 3 is 2.58 bits per heavy atom. The van der Waals surface area contributed by atoms with Gasteiger partial charge in [-0.1, -0.05) is 28.9 Å². The van der Waals surface area contributed by atoms with Crippen molar-refractivity contribution in [2.45, 2.75) is 19.9 Å². The average Bonchev–Trinajstić information content (AvgIpc) is 3.00. The Kier molecular flexibility index (Phi) is 6.14. The number of hydrogen-bond donors (Lipinski definition) is 3. The lowest BCUT2D eigenvalue weighted by atomic mass is 10.2. The summed E-state index contributed by atoms with van der Waals surface area (Å²) in [5, 5.41) is 16.0. The van der Waals surface area contributed by atoms with Crippen LogP contribution >= 0.6 is 11.6 Å². The van der Waals surface area contributed by atoms with Crippen molar-refractivity contribution in [1.29, 1.82) is 0 Å². The molecule has 0 fully saturated rings. The number of carbonyl (C=O) groups excluding carboxylic acids is 2. The van der Waals surface area contributed by atoms with E-state index in [4.69, 9.17) is 11.6 Å². The number of nitrogens with one attached hydrogen (secondary N) is 3. The second-order valence-corrected chi connectivity index (χ2v) is 5.70. The minimum Gasteiger partial charge on any atom is -0.350 e. The van der Waals surface area contributed by atoms with Crippen molar-refractivity contribution in [3.63, 3.8) is 0 Å². The van der Waals surface area contributed by atoms with E-state index in [9.17, 15) is 9.59 Å². The number of carbonyl (C=O) groups is 2. The fourth-order valence-electron chi connectivity index (χ4n) is 1.84. The van der Waals surface area contributed by atoms with Crippen LogP contribution in [0.15, 0.2) is 30.5 Å². The summed E-state index contributed by atoms with van der Waals surface area (Å²) in [4.78, 5) is 23.7. The van der Waals surface area contributed by atoms with Crippen LogP contribution in [0.25, 0.3) is 0 Å². The topological polar surface area (TPSA) is 101 Å². The molecule has 0 atom stereocenters. The average molecular weight is 351 g/mol. The number of halogens is 1. The minimum absolute atomic E-state index is 0.163. The highest BCUT2D eigenvalue weighted by atomic mass is 35.5. The summed E-state index contributed by atoms with van der Waals surface area (Å²) in [5.41, 5.74) is 0.397. The van der Waals surface area contributed by atoms with Gasteiger partial charge in [-0.25, -0.2) is 9.48 Å². The molecule has 2 rings (SSSR count). The van der Waals surface area contributed by atoms with Crippen LogP contribution in [0, 0.1) is 0 Å². The molecule has 0 aliphatic carbocycles. The lowest BCUT2D eigenvalue weighted by molar-refractivity contribution is 0.0954. The molecular formula is C15H19ClN6O2. The molecule has 0 aliphatic rings. The Morgan fingerprint density at radius 2 is 1.92 bits per heavy atom. The maximum atomic E-state index is 11.9. The van der Waals surface area contributed by atoms with Gasteiger partial charge in [0.15, 0.2) is 5.82 Å². The zero-order chi connectivity index (χ0) is 17.5. The molecule has 0 saturated carbocycles. The number of hydrogen-bond acceptors (Lipinski definition) is 4. The van der Waals surface area contributed by atoms with Crippen molar-refractivity contribution >= 4 is 29.4 Å². The van der Waals surface area contributed by atoms with E-state index in [0.29, 0.717) is 16.4 Å². The summed E-state index contributed by atoms with van der Waals surface area (Å²) in [6.07, 6.45) is 1.64. The standard InChI is InChI=1S/C15H19ClN6O2/c1-10(2)22-9-13(20-21-22)19-15(24)18-8-7-17-14(23)11-5-3-4-6-12(11)16/h3-6,9-10H,7-8H2,1-2H3,(H,17,23)(H2,18,19,24). The van der Waals surface area contributed by atoms with Crippen LogP contribution in [0.4, 0.5) is 10.6 Å². The molecule has 24 heavy (non-hydrogen) atoms. The molecule has 1 aromatic heterocycles. The Morgan fingerprint density at radius 1 is 1.21 bits per heavy atom. The highest BCUT2D eigenvalue weighted by Crippen LogP contribution is 2.14. The smallest absolute Gasteiger partial charge is 0.320 e. The summed E-state index contributed by atoms with van der Waals surface area (Å²) in [5.74, 6) is 0.0731. The van der Waals surface area contributed by atoms with Crippen molar-refractivity contribution < 1.29 is 9.59 Å². The van der Waals surface area contributed by atoms with Crippen molar-refractivity contribution in [2.75, 3.05) is 18.4 Å². The van der Waals surface area contributed by atoms with Crippen molar-refractivity contribution in [2.24, 2.45) is 0 Å². The number of benzene rings is 1. The van der Waals surface area contributed by atoms with E-state index in [1.807, 2.05) is 13.8 Å². The first-order valence-electron chi connectivity index (χ1n) is 7.47. The first kappa shape index (κ1) is 17.7. The number of urea groups is 1. The molecule has 1 aromatic carbocycles. The van der Waals surface area contributed by atoms with Gasteiger partial charge < -0.3 is 10.6 Å². The zero-order valence-corrected chi connectivity index (χ0v) is 14.2. The first-order chi connectivity index (χ1) is 11.5. The molecule has 8 nitrogen and oxygen atoms in total. The number of nitrogens with zero attached hydrogens (tertiary/aromatic N) is 3. The zero-order valence-electron chi connectivity index (χ0n) is 13.4. The van der Waals surface area contributed by atoms with Gasteiger partial charge in [0.1, 0.15) is 0 Å². The predicted molar refractivity (Wildman–Crippen MR) is 91.2 cm³/mol. The number of rotatable bonds is 6. The Labute approximate surface area is 144 Å². The van der Waals surface area contributed by atoms with Crippen molar-refractivity contribution in [1.82, 2.24) is 25.6 Å². The third-order valence-corrected chi connectivity index (χ3v) is 3.43. The van der Waals surface area contributed by atoms with E-state index in [0.717, 1.165) is 0 Å². The van der Waals surface area contributed by atoms with Gasteiger partial charge in [-0.3, -0.25) is 10.1 Å². The van der Waals surface area contributed by atoms with E-state index < -0.39 is 6.03 Å². The van der Waals surface area contributed by atoms with Gasteiger partial charge in [0.25, 0.3) is 5.91 Å². The van der Waals surface area contributed by atoms with Crippen molar-refractivity contribution in [3.8, 4) is 0 Å². The molecule has 0 bridgehead atoms. The normalized spacial score (nSPS) is 10.5. The second-order valence-electron chi connectivity index (χ2n) is 5.29. The fraction of sp³-hybridized carbons (Fsp3) is 0.333. The second kappa shape index (κ2) is 8.30. The molecule has 0 spiro atoms. The molecule has 2 aromatic rings. The van der Waals surface area contributed by atoms with Crippen LogP contribution in [0.5, 0.6) is 0 Å². The molecule has 1 heterocycles. The summed E-state index contributed by atoms with van der Waals surface area (Å²) in [7, 11) is 0. The molecule has 0 unspecified atom stereocenters. The van der Waals surface area contributed by atoms with E-state index in [1.54, 1.807) is 35.1 Å². The van der Waals surface area contributed by atoms with Gasteiger partial charge in [-0.2, -0.15) is 0 Å². The van der Waals surface area contributed by atoms with E-state index in [-0.39, 0.29) is 25.0 Å². The number of anilines is 1. The highest BCUT2D eigenvalue weighted by Gasteiger charge is 2.09.